The predicted octanol–water partition coefficient (Wildman–Crippen LogP) is -0.182. The Morgan fingerprint density at radius 3 is 2.61 bits per heavy atom. The summed E-state index contributed by atoms with van der Waals surface area (Å²) in [7, 11) is 0. The number of carbonyl (C=O) groups is 2. The van der Waals surface area contributed by atoms with Gasteiger partial charge in [-0.25, -0.2) is 4.79 Å². The average Bonchev–Trinajstić information content (AvgIpc) is 2.88. The van der Waals surface area contributed by atoms with E-state index in [0.717, 1.165) is 6.42 Å². The molecule has 0 radical (unpaired) electrons. The Balaban J connectivity index is 2.15. The van der Waals surface area contributed by atoms with Crippen LogP contribution in [-0.4, -0.2) is 54.2 Å². The van der Waals surface area contributed by atoms with Crippen molar-refractivity contribution in [3.63, 3.8) is 0 Å². The number of hydrogen-bond acceptors (Lipinski definition) is 4. The predicted molar refractivity (Wildman–Crippen MR) is 63.9 cm³/mol. The number of ether oxygens (including phenoxy) is 1. The van der Waals surface area contributed by atoms with Crippen LogP contribution in [0.2, 0.25) is 0 Å². The van der Waals surface area contributed by atoms with E-state index >= 15 is 0 Å². The number of nitrogens with zero attached hydrogens (tertiary/aromatic N) is 1. The number of hydrogen-bond donors (Lipinski definition) is 2. The maximum absolute atomic E-state index is 12.6. The third-order valence-corrected chi connectivity index (χ3v) is 4.09. The monoisotopic (exact) mass is 256 g/mol. The Hall–Kier alpha value is -1.14. The molecule has 2 aliphatic rings. The standard InChI is InChI=1S/C12H20N2O4/c13-8-12(3-6-18-7-4-12)11(17)14-5-1-2-9(14)10(15)16/h9H,1-8,13H2,(H,15,16)/t9-/m1/s1. The first-order chi connectivity index (χ1) is 8.60. The van der Waals surface area contributed by atoms with Crippen LogP contribution in [-0.2, 0) is 14.3 Å². The summed E-state index contributed by atoms with van der Waals surface area (Å²) in [4.78, 5) is 25.2. The Kier molecular flexibility index (Phi) is 3.87. The number of carbonyl (C=O) groups excluding carboxylic acids is 1. The Bertz CT molecular complexity index is 339. The molecule has 102 valence electrons. The minimum Gasteiger partial charge on any atom is -0.480 e. The Labute approximate surface area is 106 Å². The van der Waals surface area contributed by atoms with Gasteiger partial charge in [0, 0.05) is 26.3 Å². The summed E-state index contributed by atoms with van der Waals surface area (Å²) >= 11 is 0. The summed E-state index contributed by atoms with van der Waals surface area (Å²) < 4.78 is 5.27. The third-order valence-electron chi connectivity index (χ3n) is 4.09. The first kappa shape index (κ1) is 13.3. The molecule has 2 saturated heterocycles. The zero-order chi connectivity index (χ0) is 13.2. The first-order valence-corrected chi connectivity index (χ1v) is 6.42. The van der Waals surface area contributed by atoms with Gasteiger partial charge in [0.2, 0.25) is 5.91 Å². The van der Waals surface area contributed by atoms with E-state index in [9.17, 15) is 9.59 Å². The second kappa shape index (κ2) is 5.24. The van der Waals surface area contributed by atoms with Crippen molar-refractivity contribution in [2.24, 2.45) is 11.1 Å². The van der Waals surface area contributed by atoms with Crippen molar-refractivity contribution in [1.82, 2.24) is 4.90 Å². The molecule has 0 saturated carbocycles. The van der Waals surface area contributed by atoms with Gasteiger partial charge >= 0.3 is 5.97 Å². The molecule has 18 heavy (non-hydrogen) atoms. The normalized spacial score (nSPS) is 27.2. The summed E-state index contributed by atoms with van der Waals surface area (Å²) in [6.45, 7) is 1.83. The van der Waals surface area contributed by atoms with E-state index in [1.54, 1.807) is 0 Å². The fourth-order valence-electron chi connectivity index (χ4n) is 2.84. The van der Waals surface area contributed by atoms with Gasteiger partial charge in [-0.2, -0.15) is 0 Å². The average molecular weight is 256 g/mol. The minimum atomic E-state index is -0.917. The molecule has 0 aromatic carbocycles. The van der Waals surface area contributed by atoms with Gasteiger partial charge in [0.05, 0.1) is 5.41 Å². The van der Waals surface area contributed by atoms with Crippen molar-refractivity contribution in [2.75, 3.05) is 26.3 Å². The zero-order valence-corrected chi connectivity index (χ0v) is 10.4. The van der Waals surface area contributed by atoms with E-state index in [2.05, 4.69) is 0 Å². The highest BCUT2D eigenvalue weighted by Crippen LogP contribution is 2.34. The van der Waals surface area contributed by atoms with E-state index in [0.29, 0.717) is 39.0 Å². The Morgan fingerprint density at radius 1 is 1.39 bits per heavy atom. The molecule has 1 amide bonds. The van der Waals surface area contributed by atoms with Crippen LogP contribution in [0.3, 0.4) is 0 Å². The molecule has 0 bridgehead atoms. The van der Waals surface area contributed by atoms with Crippen LogP contribution in [0.4, 0.5) is 0 Å². The smallest absolute Gasteiger partial charge is 0.326 e. The van der Waals surface area contributed by atoms with Crippen molar-refractivity contribution in [3.8, 4) is 0 Å². The Morgan fingerprint density at radius 2 is 2.06 bits per heavy atom. The molecule has 3 N–H and O–H groups in total. The summed E-state index contributed by atoms with van der Waals surface area (Å²) in [5.74, 6) is -1.02. The lowest BCUT2D eigenvalue weighted by atomic mass is 9.78. The molecule has 2 rings (SSSR count). The van der Waals surface area contributed by atoms with Crippen molar-refractivity contribution >= 4 is 11.9 Å². The molecule has 0 unspecified atom stereocenters. The fraction of sp³-hybridized carbons (Fsp3) is 0.833. The van der Waals surface area contributed by atoms with Crippen LogP contribution in [0.5, 0.6) is 0 Å². The molecule has 2 heterocycles. The highest BCUT2D eigenvalue weighted by molar-refractivity contribution is 5.88. The quantitative estimate of drug-likeness (QED) is 0.730. The van der Waals surface area contributed by atoms with Crippen LogP contribution in [0.25, 0.3) is 0 Å². The molecule has 6 heteroatoms. The van der Waals surface area contributed by atoms with Gasteiger partial charge in [0.1, 0.15) is 6.04 Å². The minimum absolute atomic E-state index is 0.0989. The second-order valence-corrected chi connectivity index (χ2v) is 5.09. The highest BCUT2D eigenvalue weighted by Gasteiger charge is 2.45. The third kappa shape index (κ3) is 2.22. The number of carboxylic acid groups (broad SMARTS) is 1. The molecule has 2 fully saturated rings. The number of aliphatic carboxylic acids is 1. The SMILES string of the molecule is NCC1(C(=O)N2CCC[C@@H]2C(=O)O)CCOCC1. The van der Waals surface area contributed by atoms with Crippen LogP contribution in [0.15, 0.2) is 0 Å². The first-order valence-electron chi connectivity index (χ1n) is 6.42. The summed E-state index contributed by atoms with van der Waals surface area (Å²) in [6, 6.07) is -0.677. The van der Waals surface area contributed by atoms with Gasteiger partial charge in [0.25, 0.3) is 0 Å². The molecule has 0 spiro atoms. The molecule has 0 aromatic rings. The van der Waals surface area contributed by atoms with Gasteiger partial charge in [-0.1, -0.05) is 0 Å². The van der Waals surface area contributed by atoms with Crippen LogP contribution in [0, 0.1) is 5.41 Å². The number of likely N-dealkylation sites (tertiary alicyclic amines) is 1. The lowest BCUT2D eigenvalue weighted by Gasteiger charge is -2.38. The van der Waals surface area contributed by atoms with E-state index in [-0.39, 0.29) is 12.5 Å². The highest BCUT2D eigenvalue weighted by atomic mass is 16.5. The molecule has 0 aliphatic carbocycles. The molecule has 0 aromatic heterocycles. The topological polar surface area (TPSA) is 92.9 Å². The number of carboxylic acids is 1. The fourth-order valence-corrected chi connectivity index (χ4v) is 2.84. The van der Waals surface area contributed by atoms with E-state index in [1.807, 2.05) is 0 Å². The van der Waals surface area contributed by atoms with Crippen molar-refractivity contribution in [1.29, 1.82) is 0 Å². The van der Waals surface area contributed by atoms with E-state index in [4.69, 9.17) is 15.6 Å². The van der Waals surface area contributed by atoms with Crippen LogP contribution in [0.1, 0.15) is 25.7 Å². The molecular formula is C12H20N2O4. The maximum Gasteiger partial charge on any atom is 0.326 e. The van der Waals surface area contributed by atoms with Crippen LogP contribution < -0.4 is 5.73 Å². The van der Waals surface area contributed by atoms with Crippen molar-refractivity contribution in [3.05, 3.63) is 0 Å². The molecule has 6 nitrogen and oxygen atoms in total. The van der Waals surface area contributed by atoms with Gasteiger partial charge in [-0.15, -0.1) is 0 Å². The molecular weight excluding hydrogens is 236 g/mol. The van der Waals surface area contributed by atoms with Gasteiger partial charge in [-0.3, -0.25) is 4.79 Å². The number of rotatable bonds is 3. The molecule has 1 atom stereocenters. The lowest BCUT2D eigenvalue weighted by Crippen LogP contribution is -2.53. The maximum atomic E-state index is 12.6. The summed E-state index contributed by atoms with van der Waals surface area (Å²) in [5.41, 5.74) is 5.16. The van der Waals surface area contributed by atoms with Crippen LogP contribution >= 0.6 is 0 Å². The number of nitrogens with two attached hydrogens (primary N) is 1. The zero-order valence-electron chi connectivity index (χ0n) is 10.4. The van der Waals surface area contributed by atoms with Gasteiger partial charge < -0.3 is 20.5 Å². The lowest BCUT2D eigenvalue weighted by molar-refractivity contribution is -0.156. The summed E-state index contributed by atoms with van der Waals surface area (Å²) in [5, 5.41) is 9.14. The van der Waals surface area contributed by atoms with E-state index in [1.165, 1.54) is 4.90 Å². The van der Waals surface area contributed by atoms with Gasteiger partial charge in [0.15, 0.2) is 0 Å². The molecule has 2 aliphatic heterocycles. The van der Waals surface area contributed by atoms with Crippen molar-refractivity contribution < 1.29 is 19.4 Å². The largest absolute Gasteiger partial charge is 0.480 e. The van der Waals surface area contributed by atoms with Gasteiger partial charge in [-0.05, 0) is 25.7 Å². The second-order valence-electron chi connectivity index (χ2n) is 5.09. The summed E-state index contributed by atoms with van der Waals surface area (Å²) in [6.07, 6.45) is 2.47. The van der Waals surface area contributed by atoms with E-state index < -0.39 is 17.4 Å². The number of amides is 1. The van der Waals surface area contributed by atoms with Crippen molar-refractivity contribution in [2.45, 2.75) is 31.7 Å².